The Morgan fingerprint density at radius 1 is 0.875 bits per heavy atom. The number of para-hydroxylation sites is 1. The van der Waals surface area contributed by atoms with Gasteiger partial charge in [0.2, 0.25) is 0 Å². The molecule has 7 nitrogen and oxygen atoms in total. The van der Waals surface area contributed by atoms with Crippen molar-refractivity contribution < 1.29 is 14.0 Å². The molecule has 4 aromatic rings. The lowest BCUT2D eigenvalue weighted by Gasteiger charge is -2.03. The lowest BCUT2D eigenvalue weighted by atomic mass is 10.1. The predicted octanol–water partition coefficient (Wildman–Crippen LogP) is 3.77. The molecular formula is C24H18FN5O2. The summed E-state index contributed by atoms with van der Waals surface area (Å²) in [5.41, 5.74) is 5.56. The van der Waals surface area contributed by atoms with Crippen LogP contribution in [0, 0.1) is 5.82 Å². The van der Waals surface area contributed by atoms with Crippen molar-refractivity contribution in [1.29, 1.82) is 0 Å². The first-order valence-electron chi connectivity index (χ1n) is 9.70. The molecule has 158 valence electrons. The molecule has 0 saturated heterocycles. The van der Waals surface area contributed by atoms with Gasteiger partial charge in [0, 0.05) is 23.0 Å². The SMILES string of the molecule is O=C(N/N=C/c1cn(-c2ccccc2)nc1-c1ccccc1)C(=O)Nc1ccc(F)cc1. The van der Waals surface area contributed by atoms with Crippen LogP contribution in [0.2, 0.25) is 0 Å². The van der Waals surface area contributed by atoms with Crippen LogP contribution in [0.1, 0.15) is 5.56 Å². The lowest BCUT2D eigenvalue weighted by Crippen LogP contribution is -2.32. The normalized spacial score (nSPS) is 10.8. The Morgan fingerprint density at radius 2 is 1.53 bits per heavy atom. The number of anilines is 1. The summed E-state index contributed by atoms with van der Waals surface area (Å²) in [7, 11) is 0. The van der Waals surface area contributed by atoms with Gasteiger partial charge < -0.3 is 5.32 Å². The Morgan fingerprint density at radius 3 is 2.22 bits per heavy atom. The molecule has 32 heavy (non-hydrogen) atoms. The Labute approximate surface area is 183 Å². The van der Waals surface area contributed by atoms with Gasteiger partial charge in [0.05, 0.1) is 11.9 Å². The first-order valence-corrected chi connectivity index (χ1v) is 9.70. The number of carbonyl (C=O) groups is 2. The molecule has 0 bridgehead atoms. The Hall–Kier alpha value is -4.59. The highest BCUT2D eigenvalue weighted by atomic mass is 19.1. The number of hydrazone groups is 1. The topological polar surface area (TPSA) is 88.4 Å². The van der Waals surface area contributed by atoms with Crippen molar-refractivity contribution in [1.82, 2.24) is 15.2 Å². The molecule has 0 saturated carbocycles. The fourth-order valence-corrected chi connectivity index (χ4v) is 2.95. The number of hydrogen-bond acceptors (Lipinski definition) is 4. The lowest BCUT2D eigenvalue weighted by molar-refractivity contribution is -0.136. The van der Waals surface area contributed by atoms with Gasteiger partial charge in [-0.3, -0.25) is 9.59 Å². The highest BCUT2D eigenvalue weighted by Gasteiger charge is 2.14. The van der Waals surface area contributed by atoms with Crippen LogP contribution in [0.3, 0.4) is 0 Å². The Bertz CT molecular complexity index is 1250. The first kappa shape index (κ1) is 20.7. The van der Waals surface area contributed by atoms with Crippen molar-refractivity contribution in [3.8, 4) is 16.9 Å². The summed E-state index contributed by atoms with van der Waals surface area (Å²) in [6, 6.07) is 24.2. The molecule has 1 aromatic heterocycles. The maximum Gasteiger partial charge on any atom is 0.329 e. The van der Waals surface area contributed by atoms with Crippen LogP contribution in [0.25, 0.3) is 16.9 Å². The summed E-state index contributed by atoms with van der Waals surface area (Å²) in [4.78, 5) is 24.1. The fraction of sp³-hybridized carbons (Fsp3) is 0. The van der Waals surface area contributed by atoms with Gasteiger partial charge in [-0.15, -0.1) is 0 Å². The first-order chi connectivity index (χ1) is 15.6. The minimum atomic E-state index is -0.956. The smallest absolute Gasteiger partial charge is 0.318 e. The van der Waals surface area contributed by atoms with E-state index in [1.54, 1.807) is 10.9 Å². The van der Waals surface area contributed by atoms with Crippen molar-refractivity contribution in [2.45, 2.75) is 0 Å². The number of aromatic nitrogens is 2. The maximum absolute atomic E-state index is 13.0. The molecule has 0 spiro atoms. The zero-order valence-electron chi connectivity index (χ0n) is 16.8. The minimum absolute atomic E-state index is 0.297. The van der Waals surface area contributed by atoms with E-state index in [1.165, 1.54) is 30.5 Å². The van der Waals surface area contributed by atoms with E-state index in [4.69, 9.17) is 0 Å². The zero-order valence-corrected chi connectivity index (χ0v) is 16.8. The van der Waals surface area contributed by atoms with Gasteiger partial charge in [-0.05, 0) is 36.4 Å². The molecule has 4 rings (SSSR count). The third-order valence-electron chi connectivity index (χ3n) is 4.49. The van der Waals surface area contributed by atoms with E-state index in [0.717, 1.165) is 11.3 Å². The Kier molecular flexibility index (Phi) is 6.12. The minimum Gasteiger partial charge on any atom is -0.318 e. The summed E-state index contributed by atoms with van der Waals surface area (Å²) >= 11 is 0. The van der Waals surface area contributed by atoms with E-state index in [0.29, 0.717) is 16.9 Å². The highest BCUT2D eigenvalue weighted by Crippen LogP contribution is 2.22. The molecule has 1 heterocycles. The molecule has 0 atom stereocenters. The summed E-state index contributed by atoms with van der Waals surface area (Å²) < 4.78 is 14.7. The van der Waals surface area contributed by atoms with E-state index in [1.807, 2.05) is 60.7 Å². The van der Waals surface area contributed by atoms with Crippen molar-refractivity contribution in [2.75, 3.05) is 5.32 Å². The molecule has 8 heteroatoms. The number of halogens is 1. The maximum atomic E-state index is 13.0. The number of benzene rings is 3. The van der Waals surface area contributed by atoms with Gasteiger partial charge in [-0.25, -0.2) is 14.5 Å². The van der Waals surface area contributed by atoms with Crippen molar-refractivity contribution in [3.63, 3.8) is 0 Å². The van der Waals surface area contributed by atoms with E-state index < -0.39 is 17.6 Å². The number of nitrogens with zero attached hydrogens (tertiary/aromatic N) is 3. The molecule has 0 unspecified atom stereocenters. The van der Waals surface area contributed by atoms with E-state index >= 15 is 0 Å². The van der Waals surface area contributed by atoms with Gasteiger partial charge in [0.25, 0.3) is 0 Å². The summed E-state index contributed by atoms with van der Waals surface area (Å²) in [6.45, 7) is 0. The predicted molar refractivity (Wildman–Crippen MR) is 120 cm³/mol. The third kappa shape index (κ3) is 4.93. The fourth-order valence-electron chi connectivity index (χ4n) is 2.95. The van der Waals surface area contributed by atoms with Crippen molar-refractivity contribution in [3.05, 3.63) is 103 Å². The van der Waals surface area contributed by atoms with Crippen LogP contribution in [-0.4, -0.2) is 27.8 Å². The average Bonchev–Trinajstić information content (AvgIpc) is 3.26. The molecular weight excluding hydrogens is 409 g/mol. The van der Waals surface area contributed by atoms with Crippen LogP contribution in [0.4, 0.5) is 10.1 Å². The second-order valence-corrected chi connectivity index (χ2v) is 6.74. The zero-order chi connectivity index (χ0) is 22.3. The van der Waals surface area contributed by atoms with Crippen molar-refractivity contribution >= 4 is 23.7 Å². The number of nitrogens with one attached hydrogen (secondary N) is 2. The monoisotopic (exact) mass is 427 g/mol. The van der Waals surface area contributed by atoms with Gasteiger partial charge >= 0.3 is 11.8 Å². The molecule has 3 aromatic carbocycles. The molecule has 2 amide bonds. The number of amides is 2. The molecule has 2 N–H and O–H groups in total. The second kappa shape index (κ2) is 9.48. The number of carbonyl (C=O) groups excluding carboxylic acids is 2. The molecule has 0 fully saturated rings. The van der Waals surface area contributed by atoms with Crippen LogP contribution in [0.5, 0.6) is 0 Å². The number of hydrogen-bond donors (Lipinski definition) is 2. The van der Waals surface area contributed by atoms with Gasteiger partial charge in [-0.2, -0.15) is 10.2 Å². The number of rotatable bonds is 5. The largest absolute Gasteiger partial charge is 0.329 e. The third-order valence-corrected chi connectivity index (χ3v) is 4.49. The average molecular weight is 427 g/mol. The van der Waals surface area contributed by atoms with Gasteiger partial charge in [-0.1, -0.05) is 48.5 Å². The molecule has 0 aliphatic carbocycles. The quantitative estimate of drug-likeness (QED) is 0.289. The van der Waals surface area contributed by atoms with E-state index in [9.17, 15) is 14.0 Å². The summed E-state index contributed by atoms with van der Waals surface area (Å²) in [6.07, 6.45) is 3.21. The van der Waals surface area contributed by atoms with Crippen LogP contribution in [-0.2, 0) is 9.59 Å². The molecule has 0 radical (unpaired) electrons. The van der Waals surface area contributed by atoms with E-state index in [2.05, 4.69) is 20.9 Å². The summed E-state index contributed by atoms with van der Waals surface area (Å²) in [5.74, 6) is -2.32. The van der Waals surface area contributed by atoms with Gasteiger partial charge in [0.1, 0.15) is 11.5 Å². The molecule has 0 aliphatic rings. The molecule has 0 aliphatic heterocycles. The standard InChI is InChI=1S/C24H18FN5O2/c25-19-11-13-20(14-12-19)27-23(31)24(32)28-26-15-18-16-30(21-9-5-2-6-10-21)29-22(18)17-7-3-1-4-8-17/h1-16H,(H,27,31)(H,28,32)/b26-15+. The Balaban J connectivity index is 1.51. The summed E-state index contributed by atoms with van der Waals surface area (Å²) in [5, 5.41) is 10.9. The van der Waals surface area contributed by atoms with Crippen LogP contribution < -0.4 is 10.7 Å². The van der Waals surface area contributed by atoms with Crippen molar-refractivity contribution in [2.24, 2.45) is 5.10 Å². The second-order valence-electron chi connectivity index (χ2n) is 6.74. The van der Waals surface area contributed by atoms with Gasteiger partial charge in [0.15, 0.2) is 0 Å². The highest BCUT2D eigenvalue weighted by molar-refractivity contribution is 6.39. The van der Waals surface area contributed by atoms with Crippen LogP contribution in [0.15, 0.2) is 96.2 Å². The van der Waals surface area contributed by atoms with Crippen LogP contribution >= 0.6 is 0 Å². The van der Waals surface area contributed by atoms with E-state index in [-0.39, 0.29) is 0 Å².